The molecule has 0 radical (unpaired) electrons. The first-order valence-corrected chi connectivity index (χ1v) is 4.45. The van der Waals surface area contributed by atoms with Gasteiger partial charge >= 0.3 is 6.03 Å². The highest BCUT2D eigenvalue weighted by molar-refractivity contribution is 5.75. The number of nitrogens with one attached hydrogen (secondary N) is 1. The van der Waals surface area contributed by atoms with Crippen molar-refractivity contribution in [3.8, 4) is 0 Å². The van der Waals surface area contributed by atoms with Crippen LogP contribution in [0.1, 0.15) is 19.8 Å². The molecule has 0 spiro atoms. The van der Waals surface area contributed by atoms with E-state index in [0.717, 1.165) is 19.4 Å². The van der Waals surface area contributed by atoms with Crippen LogP contribution in [0.2, 0.25) is 0 Å². The van der Waals surface area contributed by atoms with E-state index >= 15 is 0 Å². The Balaban J connectivity index is 2.04. The molecule has 4 heteroatoms. The molecule has 0 atom stereocenters. The zero-order chi connectivity index (χ0) is 8.97. The molecule has 0 aromatic carbocycles. The van der Waals surface area contributed by atoms with Gasteiger partial charge in [-0.15, -0.1) is 0 Å². The van der Waals surface area contributed by atoms with Crippen LogP contribution in [-0.2, 0) is 0 Å². The highest BCUT2D eigenvalue weighted by Gasteiger charge is 2.28. The van der Waals surface area contributed by atoms with E-state index in [2.05, 4.69) is 12.2 Å². The van der Waals surface area contributed by atoms with Gasteiger partial charge in [0.1, 0.15) is 0 Å². The third-order valence-corrected chi connectivity index (χ3v) is 1.96. The summed E-state index contributed by atoms with van der Waals surface area (Å²) in [5, 5.41) is 11.7. The molecule has 4 nitrogen and oxygen atoms in total. The van der Waals surface area contributed by atoms with Crippen molar-refractivity contribution >= 4 is 6.03 Å². The molecule has 2 N–H and O–H groups in total. The molecule has 1 aliphatic heterocycles. The summed E-state index contributed by atoms with van der Waals surface area (Å²) in [5.74, 6) is 0. The molecular weight excluding hydrogens is 156 g/mol. The summed E-state index contributed by atoms with van der Waals surface area (Å²) < 4.78 is 0. The van der Waals surface area contributed by atoms with Crippen molar-refractivity contribution in [2.75, 3.05) is 19.6 Å². The number of aliphatic hydroxyl groups is 1. The van der Waals surface area contributed by atoms with Gasteiger partial charge < -0.3 is 15.3 Å². The van der Waals surface area contributed by atoms with Crippen LogP contribution in [-0.4, -0.2) is 41.8 Å². The zero-order valence-corrected chi connectivity index (χ0v) is 7.42. The number of carbonyl (C=O) groups excluding carboxylic acids is 1. The maximum atomic E-state index is 11.1. The highest BCUT2D eigenvalue weighted by Crippen LogP contribution is 2.06. The fraction of sp³-hybridized carbons (Fsp3) is 0.875. The van der Waals surface area contributed by atoms with Gasteiger partial charge in [-0.05, 0) is 6.42 Å². The van der Waals surface area contributed by atoms with Crippen LogP contribution in [0, 0.1) is 0 Å². The number of hydrogen-bond acceptors (Lipinski definition) is 2. The number of β-amino-alcohol motifs (C(OH)–C–C–N with tert-alkyl or cyclic N) is 1. The predicted molar refractivity (Wildman–Crippen MR) is 45.9 cm³/mol. The van der Waals surface area contributed by atoms with Gasteiger partial charge in [0.05, 0.1) is 19.2 Å². The Morgan fingerprint density at radius 1 is 1.67 bits per heavy atom. The van der Waals surface area contributed by atoms with E-state index in [0.29, 0.717) is 13.1 Å². The summed E-state index contributed by atoms with van der Waals surface area (Å²) >= 11 is 0. The largest absolute Gasteiger partial charge is 0.389 e. The lowest BCUT2D eigenvalue weighted by molar-refractivity contribution is 0.0266. The Kier molecular flexibility index (Phi) is 3.34. The minimum Gasteiger partial charge on any atom is -0.389 e. The fourth-order valence-corrected chi connectivity index (χ4v) is 1.11. The van der Waals surface area contributed by atoms with E-state index in [9.17, 15) is 4.79 Å². The number of likely N-dealkylation sites (tertiary alicyclic amines) is 1. The van der Waals surface area contributed by atoms with E-state index in [1.807, 2.05) is 0 Å². The Morgan fingerprint density at radius 2 is 2.33 bits per heavy atom. The lowest BCUT2D eigenvalue weighted by Gasteiger charge is -2.35. The maximum Gasteiger partial charge on any atom is 0.317 e. The molecule has 70 valence electrons. The quantitative estimate of drug-likeness (QED) is 0.596. The van der Waals surface area contributed by atoms with Gasteiger partial charge in [-0.3, -0.25) is 0 Å². The number of unbranched alkanes of at least 4 members (excludes halogenated alkanes) is 1. The second-order valence-electron chi connectivity index (χ2n) is 3.14. The second kappa shape index (κ2) is 4.30. The van der Waals surface area contributed by atoms with Gasteiger partial charge in [0, 0.05) is 6.54 Å². The van der Waals surface area contributed by atoms with Gasteiger partial charge in [0.2, 0.25) is 0 Å². The summed E-state index contributed by atoms with van der Waals surface area (Å²) in [6.45, 7) is 3.79. The van der Waals surface area contributed by atoms with Crippen molar-refractivity contribution in [2.24, 2.45) is 0 Å². The number of rotatable bonds is 3. The molecule has 2 amide bonds. The van der Waals surface area contributed by atoms with Crippen molar-refractivity contribution in [1.29, 1.82) is 0 Å². The number of aliphatic hydroxyl groups excluding tert-OH is 1. The van der Waals surface area contributed by atoms with E-state index in [4.69, 9.17) is 5.11 Å². The molecule has 1 heterocycles. The highest BCUT2D eigenvalue weighted by atomic mass is 16.3. The number of hydrogen-bond donors (Lipinski definition) is 2. The predicted octanol–water partition coefficient (Wildman–Crippen LogP) is 0.173. The maximum absolute atomic E-state index is 11.1. The van der Waals surface area contributed by atoms with Crippen LogP contribution in [0.25, 0.3) is 0 Å². The summed E-state index contributed by atoms with van der Waals surface area (Å²) in [4.78, 5) is 12.8. The molecule has 12 heavy (non-hydrogen) atoms. The molecular formula is C8H16N2O2. The first-order chi connectivity index (χ1) is 5.74. The van der Waals surface area contributed by atoms with Crippen LogP contribution in [0.5, 0.6) is 0 Å². The lowest BCUT2D eigenvalue weighted by atomic mass is 10.2. The van der Waals surface area contributed by atoms with E-state index < -0.39 is 0 Å². The SMILES string of the molecule is CCCCNC(=O)N1CC(O)C1. The fourth-order valence-electron chi connectivity index (χ4n) is 1.11. The molecule has 0 unspecified atom stereocenters. The Morgan fingerprint density at radius 3 is 2.83 bits per heavy atom. The molecule has 0 aromatic rings. The van der Waals surface area contributed by atoms with Crippen LogP contribution in [0.4, 0.5) is 4.79 Å². The van der Waals surface area contributed by atoms with Gasteiger partial charge in [-0.1, -0.05) is 13.3 Å². The Bertz CT molecular complexity index is 155. The van der Waals surface area contributed by atoms with Crippen LogP contribution in [0.3, 0.4) is 0 Å². The molecule has 0 bridgehead atoms. The normalized spacial score (nSPS) is 17.3. The zero-order valence-electron chi connectivity index (χ0n) is 7.42. The topological polar surface area (TPSA) is 52.6 Å². The van der Waals surface area contributed by atoms with Crippen LogP contribution in [0.15, 0.2) is 0 Å². The Labute approximate surface area is 72.6 Å². The molecule has 0 saturated carbocycles. The van der Waals surface area contributed by atoms with Gasteiger partial charge in [0.25, 0.3) is 0 Å². The number of urea groups is 1. The smallest absolute Gasteiger partial charge is 0.317 e. The van der Waals surface area contributed by atoms with E-state index in [-0.39, 0.29) is 12.1 Å². The van der Waals surface area contributed by atoms with Gasteiger partial charge in [-0.2, -0.15) is 0 Å². The summed E-state index contributed by atoms with van der Waals surface area (Å²) in [6.07, 6.45) is 1.80. The second-order valence-corrected chi connectivity index (χ2v) is 3.14. The first-order valence-electron chi connectivity index (χ1n) is 4.45. The van der Waals surface area contributed by atoms with Crippen molar-refractivity contribution < 1.29 is 9.90 Å². The molecule has 1 saturated heterocycles. The third kappa shape index (κ3) is 2.37. The van der Waals surface area contributed by atoms with Crippen molar-refractivity contribution in [2.45, 2.75) is 25.9 Å². The standard InChI is InChI=1S/C8H16N2O2/c1-2-3-4-9-8(12)10-5-7(11)6-10/h7,11H,2-6H2,1H3,(H,9,12). The van der Waals surface area contributed by atoms with Crippen LogP contribution < -0.4 is 5.32 Å². The van der Waals surface area contributed by atoms with Crippen molar-refractivity contribution in [3.63, 3.8) is 0 Å². The summed E-state index contributed by atoms with van der Waals surface area (Å²) in [7, 11) is 0. The van der Waals surface area contributed by atoms with E-state index in [1.54, 1.807) is 4.90 Å². The van der Waals surface area contributed by atoms with Crippen molar-refractivity contribution in [3.05, 3.63) is 0 Å². The first kappa shape index (κ1) is 9.32. The van der Waals surface area contributed by atoms with Crippen molar-refractivity contribution in [1.82, 2.24) is 10.2 Å². The third-order valence-electron chi connectivity index (χ3n) is 1.96. The van der Waals surface area contributed by atoms with Gasteiger partial charge in [0.15, 0.2) is 0 Å². The molecule has 0 aromatic heterocycles. The number of carbonyl (C=O) groups is 1. The minimum absolute atomic E-state index is 0.0475. The average molecular weight is 172 g/mol. The van der Waals surface area contributed by atoms with Crippen LogP contribution >= 0.6 is 0 Å². The minimum atomic E-state index is -0.304. The summed E-state index contributed by atoms with van der Waals surface area (Å²) in [5.41, 5.74) is 0. The molecule has 1 aliphatic rings. The lowest BCUT2D eigenvalue weighted by Crippen LogP contribution is -2.56. The van der Waals surface area contributed by atoms with Gasteiger partial charge in [-0.25, -0.2) is 4.79 Å². The summed E-state index contributed by atoms with van der Waals surface area (Å²) in [6, 6.07) is -0.0475. The Hall–Kier alpha value is -0.770. The van der Waals surface area contributed by atoms with E-state index in [1.165, 1.54) is 0 Å². The molecule has 0 aliphatic carbocycles. The average Bonchev–Trinajstić information content (AvgIpc) is 1.99. The number of amides is 2. The molecule has 1 rings (SSSR count). The number of nitrogens with zero attached hydrogens (tertiary/aromatic N) is 1. The molecule has 1 fully saturated rings. The monoisotopic (exact) mass is 172 g/mol.